The Morgan fingerprint density at radius 2 is 1.82 bits per heavy atom. The van der Waals surface area contributed by atoms with Crippen LogP contribution in [0.1, 0.15) is 39.7 Å². The van der Waals surface area contributed by atoms with E-state index >= 15 is 0 Å². The summed E-state index contributed by atoms with van der Waals surface area (Å²) in [6, 6.07) is 6.12. The molecule has 0 saturated carbocycles. The Hall–Kier alpha value is -3.50. The molecular formula is C22H26F3N3O5. The summed E-state index contributed by atoms with van der Waals surface area (Å²) in [5, 5.41) is 5.13. The summed E-state index contributed by atoms with van der Waals surface area (Å²) in [5.41, 5.74) is -0.0756. The molecule has 8 nitrogen and oxygen atoms in total. The molecule has 1 atom stereocenters. The van der Waals surface area contributed by atoms with Crippen LogP contribution in [0.3, 0.4) is 0 Å². The van der Waals surface area contributed by atoms with Gasteiger partial charge in [0.05, 0.1) is 11.9 Å². The fourth-order valence-corrected chi connectivity index (χ4v) is 2.55. The van der Waals surface area contributed by atoms with E-state index in [-0.39, 0.29) is 22.9 Å². The van der Waals surface area contributed by atoms with E-state index in [4.69, 9.17) is 9.47 Å². The van der Waals surface area contributed by atoms with Gasteiger partial charge in [-0.3, -0.25) is 4.79 Å². The molecule has 180 valence electrons. The number of aryl methyl sites for hydroxylation is 1. The molecule has 1 heterocycles. The quantitative estimate of drug-likeness (QED) is 0.569. The van der Waals surface area contributed by atoms with E-state index in [1.165, 1.54) is 37.4 Å². The van der Waals surface area contributed by atoms with E-state index in [2.05, 4.69) is 20.4 Å². The van der Waals surface area contributed by atoms with Gasteiger partial charge >= 0.3 is 12.5 Å². The normalized spacial score (nSPS) is 12.5. The molecule has 2 rings (SSSR count). The second-order valence-corrected chi connectivity index (χ2v) is 8.06. The van der Waals surface area contributed by atoms with Gasteiger partial charge in [-0.2, -0.15) is 0 Å². The summed E-state index contributed by atoms with van der Waals surface area (Å²) in [5.74, 6) is -0.663. The van der Waals surface area contributed by atoms with Gasteiger partial charge < -0.3 is 24.8 Å². The Balaban J connectivity index is 2.00. The van der Waals surface area contributed by atoms with Gasteiger partial charge in [-0.05, 0) is 51.8 Å². The van der Waals surface area contributed by atoms with Gasteiger partial charge in [0.1, 0.15) is 23.1 Å². The lowest BCUT2D eigenvalue weighted by molar-refractivity contribution is -0.274. The average Bonchev–Trinajstić information content (AvgIpc) is 2.67. The predicted octanol–water partition coefficient (Wildman–Crippen LogP) is 5.32. The third kappa shape index (κ3) is 8.87. The van der Waals surface area contributed by atoms with Gasteiger partial charge in [0, 0.05) is 12.1 Å². The first kappa shape index (κ1) is 25.8. The van der Waals surface area contributed by atoms with Gasteiger partial charge in [-0.25, -0.2) is 9.78 Å². The molecule has 33 heavy (non-hydrogen) atoms. The second-order valence-electron chi connectivity index (χ2n) is 8.06. The highest BCUT2D eigenvalue weighted by atomic mass is 19.4. The predicted molar refractivity (Wildman–Crippen MR) is 114 cm³/mol. The van der Waals surface area contributed by atoms with Crippen LogP contribution in [0.4, 0.5) is 23.7 Å². The minimum atomic E-state index is -4.82. The maximum absolute atomic E-state index is 12.5. The first-order valence-corrected chi connectivity index (χ1v) is 10.1. The summed E-state index contributed by atoms with van der Waals surface area (Å²) in [7, 11) is 0. The van der Waals surface area contributed by atoms with Crippen molar-refractivity contribution in [3.63, 3.8) is 0 Å². The molecule has 2 N–H and O–H groups in total. The number of nitrogens with zero attached hydrogens (tertiary/aromatic N) is 1. The molecule has 0 bridgehead atoms. The van der Waals surface area contributed by atoms with E-state index in [1.54, 1.807) is 27.7 Å². The lowest BCUT2D eigenvalue weighted by Gasteiger charge is -2.22. The van der Waals surface area contributed by atoms with Crippen LogP contribution in [0.5, 0.6) is 17.4 Å². The fourth-order valence-electron chi connectivity index (χ4n) is 2.55. The van der Waals surface area contributed by atoms with Crippen molar-refractivity contribution in [1.29, 1.82) is 0 Å². The Kier molecular flexibility index (Phi) is 8.13. The average molecular weight is 469 g/mol. The molecule has 0 radical (unpaired) electrons. The summed E-state index contributed by atoms with van der Waals surface area (Å²) < 4.78 is 52.1. The molecule has 0 fully saturated rings. The number of alkyl carbamates (subject to hydrolysis) is 1. The number of benzene rings is 1. The Labute approximate surface area is 189 Å². The number of anilines is 1. The van der Waals surface area contributed by atoms with Crippen LogP contribution in [-0.2, 0) is 9.53 Å². The molecule has 0 aliphatic rings. The number of carbonyl (C=O) groups is 2. The molecule has 0 aliphatic carbocycles. The Morgan fingerprint density at radius 3 is 2.36 bits per heavy atom. The molecule has 1 aromatic heterocycles. The lowest BCUT2D eigenvalue weighted by Crippen LogP contribution is -2.45. The largest absolute Gasteiger partial charge is 0.573 e. The van der Waals surface area contributed by atoms with Gasteiger partial charge in [0.2, 0.25) is 11.8 Å². The smallest absolute Gasteiger partial charge is 0.444 e. The molecule has 0 aliphatic heterocycles. The maximum Gasteiger partial charge on any atom is 0.573 e. The number of hydrogen-bond acceptors (Lipinski definition) is 6. The number of amides is 2. The van der Waals surface area contributed by atoms with Gasteiger partial charge in [-0.1, -0.05) is 13.0 Å². The minimum Gasteiger partial charge on any atom is -0.444 e. The van der Waals surface area contributed by atoms with Crippen LogP contribution in [0, 0.1) is 6.92 Å². The monoisotopic (exact) mass is 469 g/mol. The number of halogens is 3. The second kappa shape index (κ2) is 10.4. The summed E-state index contributed by atoms with van der Waals surface area (Å²) in [6.07, 6.45) is -3.89. The molecule has 11 heteroatoms. The first-order chi connectivity index (χ1) is 15.3. The summed E-state index contributed by atoms with van der Waals surface area (Å²) >= 11 is 0. The first-order valence-electron chi connectivity index (χ1n) is 10.1. The van der Waals surface area contributed by atoms with Crippen molar-refractivity contribution in [2.45, 2.75) is 59.0 Å². The zero-order valence-corrected chi connectivity index (χ0v) is 18.9. The van der Waals surface area contributed by atoms with Gasteiger partial charge in [0.15, 0.2) is 0 Å². The van der Waals surface area contributed by atoms with Crippen LogP contribution in [0.25, 0.3) is 0 Å². The van der Waals surface area contributed by atoms with Gasteiger partial charge in [-0.15, -0.1) is 13.2 Å². The number of hydrogen-bond donors (Lipinski definition) is 2. The Morgan fingerprint density at radius 1 is 1.12 bits per heavy atom. The van der Waals surface area contributed by atoms with E-state index in [0.717, 1.165) is 6.07 Å². The highest BCUT2D eigenvalue weighted by Gasteiger charge is 2.32. The number of alkyl halides is 3. The van der Waals surface area contributed by atoms with Crippen molar-refractivity contribution >= 4 is 17.7 Å². The molecule has 2 aromatic rings. The van der Waals surface area contributed by atoms with Crippen LogP contribution in [0.2, 0.25) is 0 Å². The van der Waals surface area contributed by atoms with Crippen molar-refractivity contribution in [1.82, 2.24) is 10.3 Å². The number of nitrogens with one attached hydrogen (secondary N) is 2. The minimum absolute atomic E-state index is 0.0914. The zero-order chi connectivity index (χ0) is 24.8. The van der Waals surface area contributed by atoms with Crippen LogP contribution >= 0.6 is 0 Å². The number of ether oxygens (including phenoxy) is 3. The van der Waals surface area contributed by atoms with Crippen LogP contribution in [0.15, 0.2) is 36.5 Å². The van der Waals surface area contributed by atoms with E-state index in [9.17, 15) is 22.8 Å². The molecule has 0 spiro atoms. The van der Waals surface area contributed by atoms with Crippen molar-refractivity contribution in [2.24, 2.45) is 0 Å². The zero-order valence-electron chi connectivity index (χ0n) is 18.9. The topological polar surface area (TPSA) is 98.8 Å². The lowest BCUT2D eigenvalue weighted by atomic mass is 10.2. The van der Waals surface area contributed by atoms with E-state index < -0.39 is 30.0 Å². The van der Waals surface area contributed by atoms with Crippen LogP contribution in [-0.4, -0.2) is 35.0 Å². The summed E-state index contributed by atoms with van der Waals surface area (Å²) in [6.45, 7) is 8.34. The van der Waals surface area contributed by atoms with Crippen LogP contribution < -0.4 is 20.1 Å². The molecule has 0 saturated heterocycles. The van der Waals surface area contributed by atoms with E-state index in [1.807, 2.05) is 0 Å². The molecule has 0 unspecified atom stereocenters. The number of carbonyl (C=O) groups excluding carboxylic acids is 2. The molecular weight excluding hydrogens is 443 g/mol. The maximum atomic E-state index is 12.5. The fraction of sp³-hybridized carbons (Fsp3) is 0.409. The summed E-state index contributed by atoms with van der Waals surface area (Å²) in [4.78, 5) is 28.4. The van der Waals surface area contributed by atoms with Crippen molar-refractivity contribution < 1.29 is 37.0 Å². The van der Waals surface area contributed by atoms with Crippen molar-refractivity contribution in [3.05, 3.63) is 42.1 Å². The van der Waals surface area contributed by atoms with Gasteiger partial charge in [0.25, 0.3) is 0 Å². The molecule has 2 amide bonds. The highest BCUT2D eigenvalue weighted by molar-refractivity contribution is 5.96. The number of aromatic nitrogens is 1. The standard InChI is InChI=1S/C22H26F3N3O5/c1-6-16(28-20(30)33-21(3,4)5)19(29)27-14-8-10-18(26-12-14)31-15-9-7-13(2)17(11-15)32-22(23,24)25/h7-12,16H,6H2,1-5H3,(H,27,29)(H,28,30)/t16-/m1/s1. The number of pyridine rings is 1. The van der Waals surface area contributed by atoms with Crippen molar-refractivity contribution in [3.8, 4) is 17.4 Å². The van der Waals surface area contributed by atoms with E-state index in [0.29, 0.717) is 12.1 Å². The molecule has 1 aromatic carbocycles. The number of rotatable bonds is 7. The van der Waals surface area contributed by atoms with Crippen molar-refractivity contribution in [2.75, 3.05) is 5.32 Å². The Bertz CT molecular complexity index is 973. The highest BCUT2D eigenvalue weighted by Crippen LogP contribution is 2.31. The third-order valence-electron chi connectivity index (χ3n) is 4.03. The SMILES string of the molecule is CC[C@@H](NC(=O)OC(C)(C)C)C(=O)Nc1ccc(Oc2ccc(C)c(OC(F)(F)F)c2)nc1. The third-order valence-corrected chi connectivity index (χ3v) is 4.03.